The second kappa shape index (κ2) is 5.03. The highest BCUT2D eigenvalue weighted by atomic mass is 35.5. The highest BCUT2D eigenvalue weighted by molar-refractivity contribution is 8.01. The lowest BCUT2D eigenvalue weighted by Crippen LogP contribution is -1.98. The fraction of sp³-hybridized carbons (Fsp3) is 0.0909. The van der Waals surface area contributed by atoms with Crippen LogP contribution in [0.4, 0.5) is 0 Å². The van der Waals surface area contributed by atoms with Crippen LogP contribution < -0.4 is 5.73 Å². The molecule has 0 unspecified atom stereocenters. The Labute approximate surface area is 102 Å². The Balaban J connectivity index is 2.34. The fourth-order valence-electron chi connectivity index (χ4n) is 1.25. The zero-order valence-corrected chi connectivity index (χ0v) is 10.3. The Morgan fingerprint density at radius 1 is 1.27 bits per heavy atom. The first-order chi connectivity index (χ1) is 7.31. The molecule has 0 radical (unpaired) electrons. The highest BCUT2D eigenvalue weighted by Crippen LogP contribution is 2.37. The van der Waals surface area contributed by atoms with Gasteiger partial charge in [-0.15, -0.1) is 11.3 Å². The van der Waals surface area contributed by atoms with Crippen LogP contribution in [0.1, 0.15) is 5.56 Å². The van der Waals surface area contributed by atoms with Gasteiger partial charge in [-0.25, -0.2) is 0 Å². The zero-order chi connectivity index (χ0) is 10.7. The standard InChI is InChI=1S/C11H10ClNS2/c12-9-4-1-3-8(7-13)11(9)15-10-5-2-6-14-10/h1-6H,7,13H2. The van der Waals surface area contributed by atoms with Crippen molar-refractivity contribution in [1.82, 2.24) is 0 Å². The number of thiophene rings is 1. The molecule has 0 spiro atoms. The highest BCUT2D eigenvalue weighted by Gasteiger charge is 2.07. The van der Waals surface area contributed by atoms with E-state index in [1.807, 2.05) is 24.3 Å². The second-order valence-corrected chi connectivity index (χ2v) is 5.63. The molecule has 0 saturated carbocycles. The molecular formula is C11H10ClNS2. The van der Waals surface area contributed by atoms with Crippen molar-refractivity contribution in [2.24, 2.45) is 5.73 Å². The average molecular weight is 256 g/mol. The van der Waals surface area contributed by atoms with E-state index in [-0.39, 0.29) is 0 Å². The first-order valence-corrected chi connectivity index (χ1v) is 6.57. The van der Waals surface area contributed by atoms with Crippen LogP contribution in [0.5, 0.6) is 0 Å². The molecule has 1 aromatic carbocycles. The Morgan fingerprint density at radius 3 is 2.80 bits per heavy atom. The third-order valence-electron chi connectivity index (χ3n) is 1.97. The SMILES string of the molecule is NCc1cccc(Cl)c1Sc1cccs1. The number of nitrogens with two attached hydrogens (primary N) is 1. The van der Waals surface area contributed by atoms with Crippen molar-refractivity contribution in [2.45, 2.75) is 15.6 Å². The third kappa shape index (κ3) is 2.55. The number of hydrogen-bond acceptors (Lipinski definition) is 3. The Bertz CT molecular complexity index is 440. The van der Waals surface area contributed by atoms with Gasteiger partial charge in [-0.2, -0.15) is 0 Å². The van der Waals surface area contributed by atoms with E-state index in [4.69, 9.17) is 17.3 Å². The maximum absolute atomic E-state index is 6.15. The second-order valence-electron chi connectivity index (χ2n) is 2.97. The average Bonchev–Trinajstić information content (AvgIpc) is 2.74. The van der Waals surface area contributed by atoms with Gasteiger partial charge < -0.3 is 5.73 Å². The Hall–Kier alpha value is -0.480. The van der Waals surface area contributed by atoms with Gasteiger partial charge in [0.2, 0.25) is 0 Å². The molecule has 2 aromatic rings. The van der Waals surface area contributed by atoms with Crippen molar-refractivity contribution >= 4 is 34.7 Å². The number of hydrogen-bond donors (Lipinski definition) is 1. The largest absolute Gasteiger partial charge is 0.326 e. The van der Waals surface area contributed by atoms with Crippen molar-refractivity contribution in [3.8, 4) is 0 Å². The number of halogens is 1. The summed E-state index contributed by atoms with van der Waals surface area (Å²) in [5.74, 6) is 0. The van der Waals surface area contributed by atoms with Crippen LogP contribution in [0.25, 0.3) is 0 Å². The summed E-state index contributed by atoms with van der Waals surface area (Å²) in [5, 5.41) is 2.83. The molecule has 2 rings (SSSR count). The summed E-state index contributed by atoms with van der Waals surface area (Å²) >= 11 is 9.54. The minimum Gasteiger partial charge on any atom is -0.326 e. The summed E-state index contributed by atoms with van der Waals surface area (Å²) in [6, 6.07) is 9.96. The van der Waals surface area contributed by atoms with E-state index in [1.165, 1.54) is 4.21 Å². The Morgan fingerprint density at radius 2 is 2.13 bits per heavy atom. The molecule has 15 heavy (non-hydrogen) atoms. The normalized spacial score (nSPS) is 10.5. The maximum Gasteiger partial charge on any atom is 0.0646 e. The van der Waals surface area contributed by atoms with E-state index in [0.717, 1.165) is 15.5 Å². The molecule has 1 aromatic heterocycles. The quantitative estimate of drug-likeness (QED) is 0.897. The van der Waals surface area contributed by atoms with Gasteiger partial charge in [0, 0.05) is 11.4 Å². The van der Waals surface area contributed by atoms with Crippen molar-refractivity contribution in [2.75, 3.05) is 0 Å². The number of benzene rings is 1. The van der Waals surface area contributed by atoms with Gasteiger partial charge in [-0.05, 0) is 23.1 Å². The number of rotatable bonds is 3. The van der Waals surface area contributed by atoms with Gasteiger partial charge in [-0.3, -0.25) is 0 Å². The van der Waals surface area contributed by atoms with E-state index < -0.39 is 0 Å². The molecule has 0 atom stereocenters. The van der Waals surface area contributed by atoms with Crippen LogP contribution in [0, 0.1) is 0 Å². The maximum atomic E-state index is 6.15. The van der Waals surface area contributed by atoms with E-state index in [2.05, 4.69) is 11.4 Å². The van der Waals surface area contributed by atoms with Crippen molar-refractivity contribution in [1.29, 1.82) is 0 Å². The van der Waals surface area contributed by atoms with E-state index >= 15 is 0 Å². The van der Waals surface area contributed by atoms with Gasteiger partial charge in [-0.1, -0.05) is 41.6 Å². The molecule has 0 aliphatic rings. The van der Waals surface area contributed by atoms with Crippen LogP contribution in [0.2, 0.25) is 5.02 Å². The monoisotopic (exact) mass is 255 g/mol. The van der Waals surface area contributed by atoms with E-state index in [0.29, 0.717) is 6.54 Å². The minimum atomic E-state index is 0.522. The molecule has 0 fully saturated rings. The smallest absolute Gasteiger partial charge is 0.0646 e. The summed E-state index contributed by atoms with van der Waals surface area (Å²) < 4.78 is 1.23. The van der Waals surface area contributed by atoms with Gasteiger partial charge >= 0.3 is 0 Å². The van der Waals surface area contributed by atoms with Crippen molar-refractivity contribution in [3.05, 3.63) is 46.3 Å². The fourth-order valence-corrected chi connectivity index (χ4v) is 3.41. The van der Waals surface area contributed by atoms with E-state index in [1.54, 1.807) is 23.1 Å². The summed E-state index contributed by atoms with van der Waals surface area (Å²) in [6.45, 7) is 0.522. The predicted molar refractivity (Wildman–Crippen MR) is 67.8 cm³/mol. The molecule has 0 aliphatic carbocycles. The third-order valence-corrected chi connectivity index (χ3v) is 4.62. The van der Waals surface area contributed by atoms with Crippen molar-refractivity contribution < 1.29 is 0 Å². The lowest BCUT2D eigenvalue weighted by molar-refractivity contribution is 1.03. The van der Waals surface area contributed by atoms with Crippen LogP contribution in [-0.4, -0.2) is 0 Å². The van der Waals surface area contributed by atoms with Crippen molar-refractivity contribution in [3.63, 3.8) is 0 Å². The summed E-state index contributed by atoms with van der Waals surface area (Å²) in [5.41, 5.74) is 6.78. The van der Waals surface area contributed by atoms with Crippen LogP contribution in [0.3, 0.4) is 0 Å². The van der Waals surface area contributed by atoms with Crippen LogP contribution in [0.15, 0.2) is 44.8 Å². The van der Waals surface area contributed by atoms with Gasteiger partial charge in [0.15, 0.2) is 0 Å². The molecule has 0 bridgehead atoms. The van der Waals surface area contributed by atoms with Gasteiger partial charge in [0.25, 0.3) is 0 Å². The molecule has 0 aliphatic heterocycles. The predicted octanol–water partition coefficient (Wildman–Crippen LogP) is 4.01. The molecule has 4 heteroatoms. The molecule has 78 valence electrons. The molecule has 1 heterocycles. The molecular weight excluding hydrogens is 246 g/mol. The summed E-state index contributed by atoms with van der Waals surface area (Å²) in [4.78, 5) is 1.07. The van der Waals surface area contributed by atoms with Gasteiger partial charge in [0.05, 0.1) is 9.23 Å². The summed E-state index contributed by atoms with van der Waals surface area (Å²) in [7, 11) is 0. The van der Waals surface area contributed by atoms with Gasteiger partial charge in [0.1, 0.15) is 0 Å². The topological polar surface area (TPSA) is 26.0 Å². The summed E-state index contributed by atoms with van der Waals surface area (Å²) in [6.07, 6.45) is 0. The Kier molecular flexibility index (Phi) is 3.70. The lowest BCUT2D eigenvalue weighted by Gasteiger charge is -2.07. The van der Waals surface area contributed by atoms with Crippen LogP contribution in [-0.2, 0) is 6.54 Å². The molecule has 0 saturated heterocycles. The zero-order valence-electron chi connectivity index (χ0n) is 7.94. The van der Waals surface area contributed by atoms with Crippen LogP contribution >= 0.6 is 34.7 Å². The molecule has 2 N–H and O–H groups in total. The lowest BCUT2D eigenvalue weighted by atomic mass is 10.2. The first kappa shape index (κ1) is 11.0. The minimum absolute atomic E-state index is 0.522. The molecule has 1 nitrogen and oxygen atoms in total. The first-order valence-electron chi connectivity index (χ1n) is 4.50. The molecule has 0 amide bonds. The van der Waals surface area contributed by atoms with E-state index in [9.17, 15) is 0 Å².